The zero-order valence-corrected chi connectivity index (χ0v) is 17.4. The van der Waals surface area contributed by atoms with Crippen molar-refractivity contribution in [3.8, 4) is 0 Å². The molecule has 0 saturated carbocycles. The molecule has 1 aromatic heterocycles. The summed E-state index contributed by atoms with van der Waals surface area (Å²) in [6, 6.07) is 20.6. The first-order valence-electron chi connectivity index (χ1n) is 10.0. The Balaban J connectivity index is 1.37. The van der Waals surface area contributed by atoms with E-state index in [9.17, 15) is 14.0 Å². The summed E-state index contributed by atoms with van der Waals surface area (Å²) < 4.78 is 15.6. The highest BCUT2D eigenvalue weighted by molar-refractivity contribution is 6.04. The summed E-state index contributed by atoms with van der Waals surface area (Å²) in [7, 11) is 0. The monoisotopic (exact) mass is 428 g/mol. The molecule has 4 aromatic rings. The predicted molar refractivity (Wildman–Crippen MR) is 121 cm³/mol. The van der Waals surface area contributed by atoms with Crippen molar-refractivity contribution in [1.29, 1.82) is 0 Å². The fraction of sp³-hybridized carbons (Fsp3) is 0.0800. The molecule has 0 saturated heterocycles. The molecule has 0 atom stereocenters. The fourth-order valence-corrected chi connectivity index (χ4v) is 3.21. The summed E-state index contributed by atoms with van der Waals surface area (Å²) in [5, 5.41) is 5.55. The van der Waals surface area contributed by atoms with E-state index in [1.54, 1.807) is 35.3 Å². The van der Waals surface area contributed by atoms with Gasteiger partial charge in [-0.2, -0.15) is 0 Å². The van der Waals surface area contributed by atoms with Crippen LogP contribution in [0.2, 0.25) is 0 Å². The van der Waals surface area contributed by atoms with Crippen LogP contribution < -0.4 is 10.6 Å². The summed E-state index contributed by atoms with van der Waals surface area (Å²) in [5.41, 5.74) is 3.55. The maximum Gasteiger partial charge on any atom is 0.275 e. The van der Waals surface area contributed by atoms with E-state index in [0.29, 0.717) is 17.9 Å². The van der Waals surface area contributed by atoms with Crippen molar-refractivity contribution in [3.63, 3.8) is 0 Å². The largest absolute Gasteiger partial charge is 0.332 e. The number of nitrogens with zero attached hydrogens (tertiary/aromatic N) is 2. The maximum atomic E-state index is 13.8. The Hall–Kier alpha value is -4.26. The zero-order chi connectivity index (χ0) is 22.5. The van der Waals surface area contributed by atoms with Gasteiger partial charge >= 0.3 is 0 Å². The van der Waals surface area contributed by atoms with E-state index in [1.807, 2.05) is 43.3 Å². The molecule has 0 radical (unpaired) electrons. The average molecular weight is 428 g/mol. The Bertz CT molecular complexity index is 1260. The van der Waals surface area contributed by atoms with Crippen molar-refractivity contribution in [2.75, 3.05) is 10.6 Å². The lowest BCUT2D eigenvalue weighted by Gasteiger charge is -2.08. The minimum absolute atomic E-state index is 0.00788. The van der Waals surface area contributed by atoms with E-state index in [1.165, 1.54) is 18.2 Å². The van der Waals surface area contributed by atoms with Gasteiger partial charge in [0, 0.05) is 24.1 Å². The number of hydrogen-bond donors (Lipinski definition) is 2. The third-order valence-electron chi connectivity index (χ3n) is 4.95. The van der Waals surface area contributed by atoms with E-state index in [0.717, 1.165) is 16.8 Å². The molecule has 3 aromatic carbocycles. The second-order valence-corrected chi connectivity index (χ2v) is 7.33. The Morgan fingerprint density at radius 3 is 2.38 bits per heavy atom. The number of carbonyl (C=O) groups is 2. The number of aromatic nitrogens is 2. The second kappa shape index (κ2) is 9.26. The Kier molecular flexibility index (Phi) is 6.07. The standard InChI is InChI=1S/C25H21FN4O2/c1-17-6-2-5-9-22(17)29-25(32)23-15-30(16-27-23)14-18-10-12-19(13-11-18)28-24(31)20-7-3-4-8-21(20)26/h2-13,15-16H,14H2,1H3,(H,28,31)(H,29,32). The van der Waals surface area contributed by atoms with Crippen LogP contribution in [0.3, 0.4) is 0 Å². The van der Waals surface area contributed by atoms with Crippen LogP contribution in [-0.2, 0) is 6.54 Å². The van der Waals surface area contributed by atoms with Crippen molar-refractivity contribution in [3.05, 3.63) is 114 Å². The number of carbonyl (C=O) groups excluding carboxylic acids is 2. The molecular weight excluding hydrogens is 407 g/mol. The van der Waals surface area contributed by atoms with Gasteiger partial charge in [0.15, 0.2) is 0 Å². The van der Waals surface area contributed by atoms with Gasteiger partial charge in [-0.1, -0.05) is 42.5 Å². The molecule has 2 N–H and O–H groups in total. The van der Waals surface area contributed by atoms with Gasteiger partial charge in [0.2, 0.25) is 0 Å². The zero-order valence-electron chi connectivity index (χ0n) is 17.4. The number of rotatable bonds is 6. The number of benzene rings is 3. The Labute approximate surface area is 184 Å². The van der Waals surface area contributed by atoms with Gasteiger partial charge < -0.3 is 15.2 Å². The van der Waals surface area contributed by atoms with Crippen LogP contribution in [0.1, 0.15) is 32.0 Å². The molecule has 0 aliphatic rings. The van der Waals surface area contributed by atoms with Crippen molar-refractivity contribution in [1.82, 2.24) is 9.55 Å². The number of hydrogen-bond acceptors (Lipinski definition) is 3. The number of amides is 2. The molecule has 0 unspecified atom stereocenters. The second-order valence-electron chi connectivity index (χ2n) is 7.33. The lowest BCUT2D eigenvalue weighted by Crippen LogP contribution is -2.13. The maximum absolute atomic E-state index is 13.8. The minimum Gasteiger partial charge on any atom is -0.332 e. The van der Waals surface area contributed by atoms with E-state index >= 15 is 0 Å². The molecule has 0 fully saturated rings. The van der Waals surface area contributed by atoms with Crippen LogP contribution in [0.4, 0.5) is 15.8 Å². The van der Waals surface area contributed by atoms with Crippen LogP contribution >= 0.6 is 0 Å². The number of imidazole rings is 1. The smallest absolute Gasteiger partial charge is 0.275 e. The normalized spacial score (nSPS) is 10.6. The highest BCUT2D eigenvalue weighted by Gasteiger charge is 2.12. The van der Waals surface area contributed by atoms with Crippen molar-refractivity contribution in [2.24, 2.45) is 0 Å². The van der Waals surface area contributed by atoms with Crippen LogP contribution in [0, 0.1) is 12.7 Å². The number of para-hydroxylation sites is 1. The molecule has 0 bridgehead atoms. The fourth-order valence-electron chi connectivity index (χ4n) is 3.21. The van der Waals surface area contributed by atoms with E-state index in [4.69, 9.17) is 0 Å². The van der Waals surface area contributed by atoms with Gasteiger partial charge in [0.05, 0.1) is 11.9 Å². The van der Waals surface area contributed by atoms with E-state index < -0.39 is 11.7 Å². The number of halogens is 1. The molecule has 0 aliphatic heterocycles. The third kappa shape index (κ3) is 4.89. The van der Waals surface area contributed by atoms with Crippen LogP contribution in [0.5, 0.6) is 0 Å². The minimum atomic E-state index is -0.566. The van der Waals surface area contributed by atoms with Gasteiger partial charge in [-0.05, 0) is 48.4 Å². The lowest BCUT2D eigenvalue weighted by molar-refractivity contribution is 0.101. The number of anilines is 2. The number of nitrogens with one attached hydrogen (secondary N) is 2. The quantitative estimate of drug-likeness (QED) is 0.459. The summed E-state index contributed by atoms with van der Waals surface area (Å²) in [6.07, 6.45) is 3.28. The van der Waals surface area contributed by atoms with Gasteiger partial charge in [0.1, 0.15) is 11.5 Å². The van der Waals surface area contributed by atoms with Gasteiger partial charge in [-0.25, -0.2) is 9.37 Å². The van der Waals surface area contributed by atoms with Crippen LogP contribution in [0.15, 0.2) is 85.3 Å². The molecule has 4 rings (SSSR count). The summed E-state index contributed by atoms with van der Waals surface area (Å²) in [4.78, 5) is 28.9. The SMILES string of the molecule is Cc1ccccc1NC(=O)c1cn(Cc2ccc(NC(=O)c3ccccc3F)cc2)cn1. The topological polar surface area (TPSA) is 76.0 Å². The molecular formula is C25H21FN4O2. The Morgan fingerprint density at radius 1 is 0.906 bits per heavy atom. The van der Waals surface area contributed by atoms with Gasteiger partial charge in [-0.3, -0.25) is 9.59 Å². The average Bonchev–Trinajstić information content (AvgIpc) is 3.25. The summed E-state index contributed by atoms with van der Waals surface area (Å²) >= 11 is 0. The van der Waals surface area contributed by atoms with Crippen molar-refractivity contribution in [2.45, 2.75) is 13.5 Å². The molecule has 160 valence electrons. The highest BCUT2D eigenvalue weighted by atomic mass is 19.1. The first-order valence-corrected chi connectivity index (χ1v) is 10.0. The summed E-state index contributed by atoms with van der Waals surface area (Å²) in [6.45, 7) is 2.43. The predicted octanol–water partition coefficient (Wildman–Crippen LogP) is 4.88. The molecule has 7 heteroatoms. The number of aryl methyl sites for hydroxylation is 1. The molecule has 0 aliphatic carbocycles. The summed E-state index contributed by atoms with van der Waals surface area (Å²) in [5.74, 6) is -1.34. The lowest BCUT2D eigenvalue weighted by atomic mass is 10.1. The first-order chi connectivity index (χ1) is 15.5. The molecule has 32 heavy (non-hydrogen) atoms. The first kappa shape index (κ1) is 21.0. The van der Waals surface area contributed by atoms with Gasteiger partial charge in [-0.15, -0.1) is 0 Å². The molecule has 2 amide bonds. The molecule has 0 spiro atoms. The third-order valence-corrected chi connectivity index (χ3v) is 4.95. The van der Waals surface area contributed by atoms with Crippen molar-refractivity contribution >= 4 is 23.2 Å². The van der Waals surface area contributed by atoms with Crippen LogP contribution in [-0.4, -0.2) is 21.4 Å². The molecule has 6 nitrogen and oxygen atoms in total. The Morgan fingerprint density at radius 2 is 1.62 bits per heavy atom. The van der Waals surface area contributed by atoms with Crippen LogP contribution in [0.25, 0.3) is 0 Å². The molecule has 1 heterocycles. The van der Waals surface area contributed by atoms with Crippen molar-refractivity contribution < 1.29 is 14.0 Å². The highest BCUT2D eigenvalue weighted by Crippen LogP contribution is 2.16. The van der Waals surface area contributed by atoms with E-state index in [-0.39, 0.29) is 11.5 Å². The van der Waals surface area contributed by atoms with E-state index in [2.05, 4.69) is 15.6 Å². The van der Waals surface area contributed by atoms with Gasteiger partial charge in [0.25, 0.3) is 11.8 Å².